The molecule has 9 heteroatoms. The predicted molar refractivity (Wildman–Crippen MR) is 104 cm³/mol. The largest absolute Gasteiger partial charge is 0.393 e. The van der Waals surface area contributed by atoms with E-state index in [-0.39, 0.29) is 24.5 Å². The van der Waals surface area contributed by atoms with Gasteiger partial charge in [-0.3, -0.25) is 4.18 Å². The highest BCUT2D eigenvalue weighted by Crippen LogP contribution is 2.39. The molecule has 0 spiro atoms. The van der Waals surface area contributed by atoms with E-state index in [1.165, 1.54) is 17.5 Å². The summed E-state index contributed by atoms with van der Waals surface area (Å²) in [5.74, 6) is 0.477. The van der Waals surface area contributed by atoms with E-state index in [9.17, 15) is 13.5 Å². The van der Waals surface area contributed by atoms with Gasteiger partial charge in [0.15, 0.2) is 0 Å². The first-order chi connectivity index (χ1) is 13.4. The Kier molecular flexibility index (Phi) is 5.33. The Balaban J connectivity index is 1.43. The van der Waals surface area contributed by atoms with Gasteiger partial charge in [0.2, 0.25) is 0 Å². The smallest absolute Gasteiger partial charge is 0.333 e. The molecule has 2 aromatic rings. The van der Waals surface area contributed by atoms with Crippen LogP contribution >= 0.6 is 0 Å². The Bertz CT molecular complexity index is 952. The number of nitrogens with two attached hydrogens (primary N) is 1. The fourth-order valence-corrected chi connectivity index (χ4v) is 4.63. The van der Waals surface area contributed by atoms with Crippen LogP contribution in [0.1, 0.15) is 48.0 Å². The molecule has 150 valence electrons. The minimum Gasteiger partial charge on any atom is -0.393 e. The Morgan fingerprint density at radius 2 is 2.07 bits per heavy atom. The highest BCUT2D eigenvalue weighted by Gasteiger charge is 2.35. The van der Waals surface area contributed by atoms with Gasteiger partial charge in [-0.1, -0.05) is 24.3 Å². The minimum absolute atomic E-state index is 0.0171. The van der Waals surface area contributed by atoms with Crippen molar-refractivity contribution in [2.24, 2.45) is 11.1 Å². The van der Waals surface area contributed by atoms with E-state index in [0.29, 0.717) is 12.8 Å². The number of aliphatic hydroxyl groups excluding tert-OH is 1. The SMILES string of the molecule is NS(=O)(=O)OC[C@@H]1C[C@@H](c2cc(N[C@H]3CCc4ccccc43)ncn2)C[C@@H]1O. The van der Waals surface area contributed by atoms with E-state index in [1.807, 2.05) is 12.1 Å². The highest BCUT2D eigenvalue weighted by atomic mass is 32.2. The number of nitrogens with zero attached hydrogens (tertiary/aromatic N) is 2. The second-order valence-corrected chi connectivity index (χ2v) is 8.76. The van der Waals surface area contributed by atoms with Crippen molar-refractivity contribution in [3.05, 3.63) is 53.5 Å². The molecule has 1 aromatic carbocycles. The van der Waals surface area contributed by atoms with Crippen LogP contribution in [0.4, 0.5) is 5.82 Å². The zero-order valence-electron chi connectivity index (χ0n) is 15.4. The van der Waals surface area contributed by atoms with Gasteiger partial charge in [-0.25, -0.2) is 15.1 Å². The van der Waals surface area contributed by atoms with E-state index >= 15 is 0 Å². The van der Waals surface area contributed by atoms with Gasteiger partial charge in [0.05, 0.1) is 18.8 Å². The minimum atomic E-state index is -4.01. The van der Waals surface area contributed by atoms with Gasteiger partial charge in [0.25, 0.3) is 0 Å². The summed E-state index contributed by atoms with van der Waals surface area (Å²) in [6.07, 6.45) is 4.03. The molecule has 2 aliphatic carbocycles. The Hall–Kier alpha value is -2.07. The zero-order chi connectivity index (χ0) is 19.7. The maximum Gasteiger partial charge on any atom is 0.333 e. The third kappa shape index (κ3) is 4.33. The molecule has 0 unspecified atom stereocenters. The molecule has 0 saturated heterocycles. The first-order valence-electron chi connectivity index (χ1n) is 9.40. The third-order valence-corrected chi connectivity index (χ3v) is 6.13. The summed E-state index contributed by atoms with van der Waals surface area (Å²) in [6.45, 7) is -0.119. The molecular formula is C19H24N4O4S. The van der Waals surface area contributed by atoms with E-state index in [4.69, 9.17) is 5.14 Å². The van der Waals surface area contributed by atoms with Crippen LogP contribution in [0, 0.1) is 5.92 Å². The summed E-state index contributed by atoms with van der Waals surface area (Å²) >= 11 is 0. The molecule has 28 heavy (non-hydrogen) atoms. The second-order valence-electron chi connectivity index (χ2n) is 7.54. The number of nitrogens with one attached hydrogen (secondary N) is 1. The van der Waals surface area contributed by atoms with E-state index < -0.39 is 16.4 Å². The predicted octanol–water partition coefficient (Wildman–Crippen LogP) is 1.65. The molecule has 2 aliphatic rings. The lowest BCUT2D eigenvalue weighted by molar-refractivity contribution is 0.101. The molecule has 0 aliphatic heterocycles. The van der Waals surface area contributed by atoms with Crippen LogP contribution in [-0.4, -0.2) is 36.2 Å². The molecule has 1 saturated carbocycles. The molecule has 4 N–H and O–H groups in total. The van der Waals surface area contributed by atoms with Gasteiger partial charge >= 0.3 is 10.3 Å². The lowest BCUT2D eigenvalue weighted by Gasteiger charge is -2.16. The normalized spacial score (nSPS) is 26.9. The monoisotopic (exact) mass is 404 g/mol. The van der Waals surface area contributed by atoms with Gasteiger partial charge in [0.1, 0.15) is 12.1 Å². The molecule has 4 atom stereocenters. The number of hydrogen-bond donors (Lipinski definition) is 3. The number of hydrogen-bond acceptors (Lipinski definition) is 7. The topological polar surface area (TPSA) is 127 Å². The summed E-state index contributed by atoms with van der Waals surface area (Å²) < 4.78 is 26.6. The van der Waals surface area contributed by atoms with Crippen molar-refractivity contribution in [1.29, 1.82) is 0 Å². The maximum atomic E-state index is 11.0. The fraction of sp³-hybridized carbons (Fsp3) is 0.474. The summed E-state index contributed by atoms with van der Waals surface area (Å²) in [7, 11) is -4.01. The molecular weight excluding hydrogens is 380 g/mol. The number of fused-ring (bicyclic) bond motifs is 1. The fourth-order valence-electron chi connectivity index (χ4n) is 4.27. The molecule has 1 aromatic heterocycles. The van der Waals surface area contributed by atoms with Crippen LogP contribution in [0.2, 0.25) is 0 Å². The number of rotatable bonds is 6. The summed E-state index contributed by atoms with van der Waals surface area (Å²) in [4.78, 5) is 8.72. The van der Waals surface area contributed by atoms with Crippen LogP contribution in [0.5, 0.6) is 0 Å². The average molecular weight is 404 g/mol. The summed E-state index contributed by atoms with van der Waals surface area (Å²) in [5, 5.41) is 18.6. The van der Waals surface area contributed by atoms with Crippen molar-refractivity contribution in [3.63, 3.8) is 0 Å². The number of anilines is 1. The average Bonchev–Trinajstić information content (AvgIpc) is 3.24. The van der Waals surface area contributed by atoms with Crippen LogP contribution in [-0.2, 0) is 20.9 Å². The van der Waals surface area contributed by atoms with Gasteiger partial charge in [-0.15, -0.1) is 0 Å². The quantitative estimate of drug-likeness (QED) is 0.668. The van der Waals surface area contributed by atoms with Crippen LogP contribution in [0.15, 0.2) is 36.7 Å². The summed E-state index contributed by atoms with van der Waals surface area (Å²) in [5.41, 5.74) is 3.51. The van der Waals surface area contributed by atoms with E-state index in [2.05, 4.69) is 37.7 Å². The van der Waals surface area contributed by atoms with E-state index in [1.54, 1.807) is 0 Å². The number of benzene rings is 1. The molecule has 1 fully saturated rings. The van der Waals surface area contributed by atoms with Crippen LogP contribution in [0.25, 0.3) is 0 Å². The zero-order valence-corrected chi connectivity index (χ0v) is 16.2. The molecule has 0 radical (unpaired) electrons. The molecule has 4 rings (SSSR count). The van der Waals surface area contributed by atoms with Crippen molar-refractivity contribution >= 4 is 16.1 Å². The lowest BCUT2D eigenvalue weighted by Crippen LogP contribution is -2.24. The highest BCUT2D eigenvalue weighted by molar-refractivity contribution is 7.84. The standard InChI is InChI=1S/C19H24N4O4S/c20-28(25,26)27-10-14-7-13(8-18(14)24)17-9-19(22-11-21-17)23-16-6-5-12-3-1-2-4-15(12)16/h1-4,9,11,13-14,16,18,24H,5-8,10H2,(H2,20,25,26)(H,21,22,23)/t13-,14+,16+,18+/m1/s1. The van der Waals surface area contributed by atoms with E-state index in [0.717, 1.165) is 24.4 Å². The number of aliphatic hydroxyl groups is 1. The Labute approximate surface area is 164 Å². The van der Waals surface area contributed by atoms with Gasteiger partial charge in [0, 0.05) is 23.6 Å². The Morgan fingerprint density at radius 3 is 2.89 bits per heavy atom. The van der Waals surface area contributed by atoms with Gasteiger partial charge < -0.3 is 10.4 Å². The molecule has 1 heterocycles. The molecule has 0 amide bonds. The van der Waals surface area contributed by atoms with Crippen molar-refractivity contribution < 1.29 is 17.7 Å². The number of aryl methyl sites for hydroxylation is 1. The molecule has 8 nitrogen and oxygen atoms in total. The number of aromatic nitrogens is 2. The lowest BCUT2D eigenvalue weighted by atomic mass is 10.0. The van der Waals surface area contributed by atoms with Crippen LogP contribution < -0.4 is 10.5 Å². The van der Waals surface area contributed by atoms with Crippen LogP contribution in [0.3, 0.4) is 0 Å². The van der Waals surface area contributed by atoms with Crippen molar-refractivity contribution in [1.82, 2.24) is 9.97 Å². The van der Waals surface area contributed by atoms with Gasteiger partial charge in [-0.05, 0) is 36.8 Å². The summed E-state index contributed by atoms with van der Waals surface area (Å²) in [6, 6.07) is 10.6. The maximum absolute atomic E-state index is 11.0. The first-order valence-corrected chi connectivity index (χ1v) is 10.9. The molecule has 0 bridgehead atoms. The van der Waals surface area contributed by atoms with Crippen molar-refractivity contribution in [2.45, 2.75) is 43.7 Å². The third-order valence-electron chi connectivity index (χ3n) is 5.67. The van der Waals surface area contributed by atoms with Crippen molar-refractivity contribution in [2.75, 3.05) is 11.9 Å². The second kappa shape index (κ2) is 7.75. The first kappa shape index (κ1) is 19.3. The van der Waals surface area contributed by atoms with Gasteiger partial charge in [-0.2, -0.15) is 8.42 Å². The van der Waals surface area contributed by atoms with Crippen molar-refractivity contribution in [3.8, 4) is 0 Å². The Morgan fingerprint density at radius 1 is 1.25 bits per heavy atom.